The minimum absolute atomic E-state index is 0.0727. The number of hydrogen-bond acceptors (Lipinski definition) is 6. The van der Waals surface area contributed by atoms with Gasteiger partial charge in [0.2, 0.25) is 5.91 Å². The normalized spacial score (nSPS) is 26.6. The van der Waals surface area contributed by atoms with Crippen LogP contribution in [-0.2, 0) is 29.8 Å². The Kier molecular flexibility index (Phi) is 9.00. The molecule has 0 spiro atoms. The van der Waals surface area contributed by atoms with E-state index in [4.69, 9.17) is 9.47 Å². The number of sulfone groups is 1. The van der Waals surface area contributed by atoms with Crippen LogP contribution in [0, 0.1) is 11.3 Å². The number of rotatable bonds is 7. The van der Waals surface area contributed by atoms with Crippen LogP contribution >= 0.6 is 0 Å². The lowest BCUT2D eigenvalue weighted by Crippen LogP contribution is -2.64. The third kappa shape index (κ3) is 5.47. The number of piperidine rings is 1. The molecule has 1 N–H and O–H groups in total. The molecule has 2 aliphatic heterocycles. The van der Waals surface area contributed by atoms with Gasteiger partial charge in [0.1, 0.15) is 22.9 Å². The van der Waals surface area contributed by atoms with Crippen molar-refractivity contribution in [3.63, 3.8) is 0 Å². The van der Waals surface area contributed by atoms with Crippen LogP contribution in [-0.4, -0.2) is 68.5 Å². The Hall–Kier alpha value is -3.56. The van der Waals surface area contributed by atoms with Gasteiger partial charge in [0.25, 0.3) is 0 Å². The van der Waals surface area contributed by atoms with Crippen LogP contribution in [0.15, 0.2) is 47.4 Å². The summed E-state index contributed by atoms with van der Waals surface area (Å²) < 4.78 is 135. The molecule has 2 aromatic carbocycles. The van der Waals surface area contributed by atoms with E-state index in [1.807, 2.05) is 0 Å². The zero-order chi connectivity index (χ0) is 35.5. The summed E-state index contributed by atoms with van der Waals surface area (Å²) in [6, 6.07) is 5.22. The number of hydrogen-bond donors (Lipinski definition) is 1. The number of carboxylic acids is 1. The Morgan fingerprint density at radius 3 is 2.12 bits per heavy atom. The fourth-order valence-electron chi connectivity index (χ4n) is 7.25. The van der Waals surface area contributed by atoms with Crippen molar-refractivity contribution in [3.8, 4) is 11.5 Å². The standard InChI is InChI=1S/C32H34F7NO7S/c1-3-46-21-6-8-22(9-7-21)48(44,45)29-13-4-16-40(26(41)19-11-14-28(2,15-12-19)27(42)43)25(29)18-47-24-17-20(5-10-23(24)29)30(33,31(34,35)36)32(37,38)39/h5-10,17,19,25H,3-4,11-16,18H2,1-2H3,(H,42,43). The van der Waals surface area contributed by atoms with Gasteiger partial charge in [-0.25, -0.2) is 12.8 Å². The predicted molar refractivity (Wildman–Crippen MR) is 156 cm³/mol. The summed E-state index contributed by atoms with van der Waals surface area (Å²) in [7, 11) is -4.61. The van der Waals surface area contributed by atoms with Crippen LogP contribution in [0.5, 0.6) is 11.5 Å². The maximum absolute atomic E-state index is 15.1. The lowest BCUT2D eigenvalue weighted by Gasteiger charge is -2.52. The fraction of sp³-hybridized carbons (Fsp3) is 0.562. The molecule has 1 saturated carbocycles. The summed E-state index contributed by atoms with van der Waals surface area (Å²) in [6.45, 7) is 3.02. The summed E-state index contributed by atoms with van der Waals surface area (Å²) in [5, 5.41) is 9.62. The van der Waals surface area contributed by atoms with Gasteiger partial charge < -0.3 is 19.5 Å². The Morgan fingerprint density at radius 2 is 1.58 bits per heavy atom. The van der Waals surface area contributed by atoms with Crippen molar-refractivity contribution in [2.24, 2.45) is 11.3 Å². The van der Waals surface area contributed by atoms with E-state index in [2.05, 4.69) is 0 Å². The second-order valence-corrected chi connectivity index (χ2v) is 15.0. The van der Waals surface area contributed by atoms with Crippen molar-refractivity contribution >= 4 is 21.7 Å². The fourth-order valence-corrected chi connectivity index (χ4v) is 9.59. The van der Waals surface area contributed by atoms with Gasteiger partial charge in [-0.1, -0.05) is 12.1 Å². The van der Waals surface area contributed by atoms with Crippen LogP contribution in [0.3, 0.4) is 0 Å². The number of ether oxygens (including phenoxy) is 2. The molecule has 2 heterocycles. The molecule has 48 heavy (non-hydrogen) atoms. The second-order valence-electron chi connectivity index (χ2n) is 12.8. The maximum atomic E-state index is 15.1. The molecule has 1 amide bonds. The summed E-state index contributed by atoms with van der Waals surface area (Å²) in [5.41, 5.74) is -8.96. The van der Waals surface area contributed by atoms with E-state index in [0.29, 0.717) is 11.8 Å². The second kappa shape index (κ2) is 12.1. The molecule has 264 valence electrons. The van der Waals surface area contributed by atoms with Crippen LogP contribution < -0.4 is 9.47 Å². The van der Waals surface area contributed by atoms with Crippen LogP contribution in [0.1, 0.15) is 63.5 Å². The molecule has 0 aromatic heterocycles. The predicted octanol–water partition coefficient (Wildman–Crippen LogP) is 6.71. The van der Waals surface area contributed by atoms with E-state index in [0.717, 1.165) is 0 Å². The van der Waals surface area contributed by atoms with Gasteiger partial charge >= 0.3 is 24.0 Å². The number of amides is 1. The number of nitrogens with zero attached hydrogens (tertiary/aromatic N) is 1. The third-order valence-corrected chi connectivity index (χ3v) is 12.6. The molecule has 0 bridgehead atoms. The van der Waals surface area contributed by atoms with E-state index in [9.17, 15) is 49.5 Å². The Bertz CT molecular complexity index is 1650. The lowest BCUT2D eigenvalue weighted by molar-refractivity contribution is -0.348. The number of carbonyl (C=O) groups is 2. The first-order valence-electron chi connectivity index (χ1n) is 15.4. The number of alkyl halides is 7. The van der Waals surface area contributed by atoms with Gasteiger partial charge in [0.05, 0.1) is 23.0 Å². The monoisotopic (exact) mass is 709 g/mol. The van der Waals surface area contributed by atoms with Gasteiger partial charge in [-0.2, -0.15) is 26.3 Å². The average Bonchev–Trinajstić information content (AvgIpc) is 3.02. The number of carbonyl (C=O) groups excluding carboxylic acids is 1. The molecule has 16 heteroatoms. The Morgan fingerprint density at radius 1 is 0.979 bits per heavy atom. The zero-order valence-electron chi connectivity index (χ0n) is 26.0. The summed E-state index contributed by atoms with van der Waals surface area (Å²) in [4.78, 5) is 26.9. The topological polar surface area (TPSA) is 110 Å². The van der Waals surface area contributed by atoms with Crippen molar-refractivity contribution in [1.29, 1.82) is 0 Å². The summed E-state index contributed by atoms with van der Waals surface area (Å²) >= 11 is 0. The van der Waals surface area contributed by atoms with Crippen molar-refractivity contribution in [2.75, 3.05) is 19.8 Å². The molecule has 1 aliphatic carbocycles. The number of carboxylic acid groups (broad SMARTS) is 1. The molecular weight excluding hydrogens is 675 g/mol. The first-order chi connectivity index (χ1) is 22.2. The van der Waals surface area contributed by atoms with Gasteiger partial charge in [-0.3, -0.25) is 9.59 Å². The average molecular weight is 710 g/mol. The van der Waals surface area contributed by atoms with Crippen LogP contribution in [0.4, 0.5) is 30.7 Å². The largest absolute Gasteiger partial charge is 0.494 e. The van der Waals surface area contributed by atoms with Gasteiger partial charge in [-0.15, -0.1) is 0 Å². The first-order valence-corrected chi connectivity index (χ1v) is 16.8. The molecule has 0 radical (unpaired) electrons. The first kappa shape index (κ1) is 35.7. The molecule has 2 fully saturated rings. The van der Waals surface area contributed by atoms with Gasteiger partial charge in [0, 0.05) is 23.6 Å². The van der Waals surface area contributed by atoms with Crippen molar-refractivity contribution in [2.45, 2.75) is 86.1 Å². The molecule has 1 saturated heterocycles. The highest BCUT2D eigenvalue weighted by Gasteiger charge is 2.74. The van der Waals surface area contributed by atoms with Crippen molar-refractivity contribution in [3.05, 3.63) is 53.6 Å². The molecular formula is C32H34F7NO7S. The highest BCUT2D eigenvalue weighted by molar-refractivity contribution is 7.92. The number of fused-ring (bicyclic) bond motifs is 3. The zero-order valence-corrected chi connectivity index (χ0v) is 26.8. The smallest absolute Gasteiger partial charge is 0.435 e. The van der Waals surface area contributed by atoms with Gasteiger partial charge in [-0.05, 0) is 82.7 Å². The minimum atomic E-state index is -6.41. The van der Waals surface area contributed by atoms with Gasteiger partial charge in [0.15, 0.2) is 9.84 Å². The van der Waals surface area contributed by atoms with Crippen LogP contribution in [0.25, 0.3) is 0 Å². The highest BCUT2D eigenvalue weighted by Crippen LogP contribution is 2.57. The van der Waals surface area contributed by atoms with Crippen molar-refractivity contribution in [1.82, 2.24) is 4.90 Å². The highest BCUT2D eigenvalue weighted by atomic mass is 32.2. The minimum Gasteiger partial charge on any atom is -0.494 e. The number of likely N-dealkylation sites (tertiary alicyclic amines) is 1. The molecule has 2 aromatic rings. The third-order valence-electron chi connectivity index (χ3n) is 10.0. The molecule has 2 unspecified atom stereocenters. The van der Waals surface area contributed by atoms with E-state index < -0.39 is 79.8 Å². The molecule has 3 aliphatic rings. The van der Waals surface area contributed by atoms with E-state index >= 15 is 4.39 Å². The number of halogens is 7. The Labute approximate surface area is 272 Å². The molecule has 8 nitrogen and oxygen atoms in total. The number of benzene rings is 2. The maximum Gasteiger partial charge on any atom is 0.435 e. The lowest BCUT2D eigenvalue weighted by atomic mass is 9.71. The van der Waals surface area contributed by atoms with E-state index in [1.165, 1.54) is 29.2 Å². The SMILES string of the molecule is CCOc1ccc(S(=O)(=O)C23CCCN(C(=O)C4CCC(C)(C(=O)O)CC4)C2COc2cc(C(F)(C(F)(F)F)C(F)(F)F)ccc23)cc1. The summed E-state index contributed by atoms with van der Waals surface area (Å²) in [6.07, 6.45) is -12.1. The molecule has 5 rings (SSSR count). The Balaban J connectivity index is 1.64. The van der Waals surface area contributed by atoms with E-state index in [-0.39, 0.29) is 74.3 Å². The summed E-state index contributed by atoms with van der Waals surface area (Å²) in [5.74, 6) is -2.46. The number of aliphatic carboxylic acids is 1. The quantitative estimate of drug-likeness (QED) is 0.319. The van der Waals surface area contributed by atoms with Crippen molar-refractivity contribution < 1.29 is 63.3 Å². The molecule has 2 atom stereocenters. The van der Waals surface area contributed by atoms with E-state index in [1.54, 1.807) is 13.8 Å². The van der Waals surface area contributed by atoms with Crippen LogP contribution in [0.2, 0.25) is 0 Å².